The maximum Gasteiger partial charge on any atom is 0.0944 e. The van der Waals surface area contributed by atoms with E-state index in [2.05, 4.69) is 45.1 Å². The van der Waals surface area contributed by atoms with Crippen LogP contribution in [0.25, 0.3) is 0 Å². The van der Waals surface area contributed by atoms with E-state index in [4.69, 9.17) is 4.98 Å². The Bertz CT molecular complexity index is 431. The molecule has 0 aliphatic heterocycles. The number of nitrogens with one attached hydrogen (secondary N) is 1. The Balaban J connectivity index is 2.02. The second-order valence-electron chi connectivity index (χ2n) is 7.19. The van der Waals surface area contributed by atoms with E-state index in [-0.39, 0.29) is 5.54 Å². The van der Waals surface area contributed by atoms with Gasteiger partial charge < -0.3 is 10.2 Å². The van der Waals surface area contributed by atoms with E-state index >= 15 is 0 Å². The highest BCUT2D eigenvalue weighted by Crippen LogP contribution is 2.34. The molecule has 0 aromatic carbocycles. The summed E-state index contributed by atoms with van der Waals surface area (Å²) in [6, 6.07) is 0. The van der Waals surface area contributed by atoms with Crippen molar-refractivity contribution in [1.29, 1.82) is 0 Å². The van der Waals surface area contributed by atoms with Gasteiger partial charge in [-0.25, -0.2) is 4.98 Å². The summed E-state index contributed by atoms with van der Waals surface area (Å²) < 4.78 is 0. The molecule has 1 atom stereocenters. The normalized spacial score (nSPS) is 19.4. The Morgan fingerprint density at radius 1 is 1.35 bits per heavy atom. The molecule has 1 aromatic heterocycles. The third-order valence-electron chi connectivity index (χ3n) is 3.77. The SMILES string of the molecule is CN(C)CCc1nc2c(s1)CCCC2CNC(C)(C)C. The minimum absolute atomic E-state index is 0.196. The Morgan fingerprint density at radius 2 is 2.10 bits per heavy atom. The molecule has 1 aliphatic carbocycles. The lowest BCUT2D eigenvalue weighted by molar-refractivity contribution is 0.387. The van der Waals surface area contributed by atoms with Crippen molar-refractivity contribution < 1.29 is 0 Å². The van der Waals surface area contributed by atoms with Crippen LogP contribution in [0.15, 0.2) is 0 Å². The van der Waals surface area contributed by atoms with Gasteiger partial charge in [-0.2, -0.15) is 0 Å². The molecule has 1 heterocycles. The predicted molar refractivity (Wildman–Crippen MR) is 87.8 cm³/mol. The van der Waals surface area contributed by atoms with Gasteiger partial charge >= 0.3 is 0 Å². The molecule has 1 aliphatic rings. The van der Waals surface area contributed by atoms with E-state index in [1.807, 2.05) is 11.3 Å². The maximum absolute atomic E-state index is 4.96. The fourth-order valence-electron chi connectivity index (χ4n) is 2.61. The first-order chi connectivity index (χ1) is 9.35. The molecule has 0 bridgehead atoms. The fourth-order valence-corrected chi connectivity index (χ4v) is 3.80. The lowest BCUT2D eigenvalue weighted by Gasteiger charge is -2.27. The number of thiazole rings is 1. The molecular weight excluding hydrogens is 266 g/mol. The van der Waals surface area contributed by atoms with E-state index < -0.39 is 0 Å². The van der Waals surface area contributed by atoms with Crippen LogP contribution in [0.4, 0.5) is 0 Å². The van der Waals surface area contributed by atoms with E-state index in [0.717, 1.165) is 19.5 Å². The van der Waals surface area contributed by atoms with Crippen molar-refractivity contribution in [2.45, 2.75) is 57.9 Å². The van der Waals surface area contributed by atoms with Crippen LogP contribution < -0.4 is 5.32 Å². The van der Waals surface area contributed by atoms with Crippen LogP contribution in [0.5, 0.6) is 0 Å². The van der Waals surface area contributed by atoms with Gasteiger partial charge in [-0.05, 0) is 54.1 Å². The minimum atomic E-state index is 0.196. The molecule has 3 nitrogen and oxygen atoms in total. The predicted octanol–water partition coefficient (Wildman–Crippen LogP) is 3.06. The number of nitrogens with zero attached hydrogens (tertiary/aromatic N) is 2. The van der Waals surface area contributed by atoms with Crippen molar-refractivity contribution in [2.24, 2.45) is 0 Å². The summed E-state index contributed by atoms with van der Waals surface area (Å²) in [5.41, 5.74) is 1.59. The second kappa shape index (κ2) is 6.54. The van der Waals surface area contributed by atoms with Crippen LogP contribution in [0, 0.1) is 0 Å². The third-order valence-corrected chi connectivity index (χ3v) is 4.96. The topological polar surface area (TPSA) is 28.2 Å². The zero-order chi connectivity index (χ0) is 14.8. The second-order valence-corrected chi connectivity index (χ2v) is 8.36. The van der Waals surface area contributed by atoms with Gasteiger partial charge in [-0.1, -0.05) is 0 Å². The van der Waals surface area contributed by atoms with E-state index in [9.17, 15) is 0 Å². The number of hydrogen-bond donors (Lipinski definition) is 1. The summed E-state index contributed by atoms with van der Waals surface area (Å²) in [5, 5.41) is 4.97. The summed E-state index contributed by atoms with van der Waals surface area (Å²) in [7, 11) is 4.26. The summed E-state index contributed by atoms with van der Waals surface area (Å²) in [6.07, 6.45) is 4.93. The molecule has 0 amide bonds. The van der Waals surface area contributed by atoms with Crippen molar-refractivity contribution >= 4 is 11.3 Å². The zero-order valence-corrected chi connectivity index (χ0v) is 14.4. The fraction of sp³-hybridized carbons (Fsp3) is 0.812. The number of aryl methyl sites for hydroxylation is 1. The molecule has 4 heteroatoms. The van der Waals surface area contributed by atoms with Gasteiger partial charge in [-0.3, -0.25) is 0 Å². The Hall–Kier alpha value is -0.450. The Morgan fingerprint density at radius 3 is 2.75 bits per heavy atom. The van der Waals surface area contributed by atoms with E-state index in [1.54, 1.807) is 4.88 Å². The molecule has 2 rings (SSSR count). The summed E-state index contributed by atoms with van der Waals surface area (Å²) in [4.78, 5) is 8.74. The summed E-state index contributed by atoms with van der Waals surface area (Å²) >= 11 is 1.95. The van der Waals surface area contributed by atoms with Crippen molar-refractivity contribution in [2.75, 3.05) is 27.2 Å². The van der Waals surface area contributed by atoms with Gasteiger partial charge in [0.2, 0.25) is 0 Å². The highest BCUT2D eigenvalue weighted by atomic mass is 32.1. The molecule has 1 unspecified atom stereocenters. The van der Waals surface area contributed by atoms with Crippen LogP contribution >= 0.6 is 11.3 Å². The molecule has 0 saturated carbocycles. The first-order valence-corrected chi connectivity index (χ1v) is 8.55. The summed E-state index contributed by atoms with van der Waals surface area (Å²) in [6.45, 7) is 8.87. The number of fused-ring (bicyclic) bond motifs is 1. The average molecular weight is 295 g/mol. The Labute approximate surface area is 127 Å². The first-order valence-electron chi connectivity index (χ1n) is 7.73. The number of aromatic nitrogens is 1. The molecule has 0 saturated heterocycles. The van der Waals surface area contributed by atoms with Gasteiger partial charge in [0, 0.05) is 35.8 Å². The van der Waals surface area contributed by atoms with Gasteiger partial charge in [0.15, 0.2) is 0 Å². The molecule has 0 fully saturated rings. The largest absolute Gasteiger partial charge is 0.311 e. The monoisotopic (exact) mass is 295 g/mol. The smallest absolute Gasteiger partial charge is 0.0944 e. The number of likely N-dealkylation sites (N-methyl/N-ethyl adjacent to an activating group) is 1. The van der Waals surface area contributed by atoms with Crippen molar-refractivity contribution in [3.8, 4) is 0 Å². The molecular formula is C16H29N3S. The molecule has 1 N–H and O–H groups in total. The third kappa shape index (κ3) is 4.54. The molecule has 0 spiro atoms. The first kappa shape index (κ1) is 15.9. The van der Waals surface area contributed by atoms with E-state index in [1.165, 1.54) is 30.0 Å². The van der Waals surface area contributed by atoms with Crippen LogP contribution in [0.2, 0.25) is 0 Å². The standard InChI is InChI=1S/C16H29N3S/c1-16(2,3)17-11-12-7-6-8-13-15(12)18-14(20-13)9-10-19(4)5/h12,17H,6-11H2,1-5H3. The van der Waals surface area contributed by atoms with Crippen LogP contribution in [-0.4, -0.2) is 42.6 Å². The van der Waals surface area contributed by atoms with Crippen molar-refractivity contribution in [1.82, 2.24) is 15.2 Å². The van der Waals surface area contributed by atoms with E-state index in [0.29, 0.717) is 5.92 Å². The van der Waals surface area contributed by atoms with Crippen molar-refractivity contribution in [3.05, 3.63) is 15.6 Å². The summed E-state index contributed by atoms with van der Waals surface area (Å²) in [5.74, 6) is 0.613. The van der Waals surface area contributed by atoms with Gasteiger partial charge in [0.1, 0.15) is 0 Å². The van der Waals surface area contributed by atoms with Crippen LogP contribution in [0.3, 0.4) is 0 Å². The van der Waals surface area contributed by atoms with Crippen LogP contribution in [-0.2, 0) is 12.8 Å². The quantitative estimate of drug-likeness (QED) is 0.905. The number of rotatable bonds is 5. The molecule has 20 heavy (non-hydrogen) atoms. The lowest BCUT2D eigenvalue weighted by atomic mass is 9.90. The molecule has 0 radical (unpaired) electrons. The minimum Gasteiger partial charge on any atom is -0.311 e. The van der Waals surface area contributed by atoms with Crippen LogP contribution in [0.1, 0.15) is 55.1 Å². The number of hydrogen-bond acceptors (Lipinski definition) is 4. The highest BCUT2D eigenvalue weighted by Gasteiger charge is 2.25. The lowest BCUT2D eigenvalue weighted by Crippen LogP contribution is -2.39. The molecule has 1 aromatic rings. The maximum atomic E-state index is 4.96. The average Bonchev–Trinajstić information content (AvgIpc) is 2.76. The van der Waals surface area contributed by atoms with Gasteiger partial charge in [0.25, 0.3) is 0 Å². The van der Waals surface area contributed by atoms with Gasteiger partial charge in [-0.15, -0.1) is 11.3 Å². The van der Waals surface area contributed by atoms with Crippen molar-refractivity contribution in [3.63, 3.8) is 0 Å². The molecule has 114 valence electrons. The van der Waals surface area contributed by atoms with Gasteiger partial charge in [0.05, 0.1) is 10.7 Å². The Kier molecular flexibility index (Phi) is 5.21. The highest BCUT2D eigenvalue weighted by molar-refractivity contribution is 7.11. The zero-order valence-electron chi connectivity index (χ0n) is 13.6.